The molecule has 0 aliphatic heterocycles. The molecule has 3 aromatic rings. The SMILES string of the molecule is CCn1c(SCC(O)c2ccc(C(F)(F)F)cc2)nnc1-c1ccc(OC)cc1. The number of aliphatic hydroxyl groups excluding tert-OH is 1. The molecule has 0 aliphatic carbocycles. The minimum absolute atomic E-state index is 0.242. The molecule has 5 nitrogen and oxygen atoms in total. The largest absolute Gasteiger partial charge is 0.497 e. The van der Waals surface area contributed by atoms with Crippen molar-refractivity contribution < 1.29 is 23.0 Å². The van der Waals surface area contributed by atoms with Gasteiger partial charge in [-0.1, -0.05) is 23.9 Å². The lowest BCUT2D eigenvalue weighted by atomic mass is 10.1. The minimum Gasteiger partial charge on any atom is -0.497 e. The molecule has 1 heterocycles. The highest BCUT2D eigenvalue weighted by Gasteiger charge is 2.30. The lowest BCUT2D eigenvalue weighted by Crippen LogP contribution is -2.07. The summed E-state index contributed by atoms with van der Waals surface area (Å²) in [6, 6.07) is 12.0. The van der Waals surface area contributed by atoms with Crippen LogP contribution in [0.5, 0.6) is 5.75 Å². The molecule has 1 atom stereocenters. The molecule has 154 valence electrons. The second-order valence-corrected chi connectivity index (χ2v) is 7.21. The summed E-state index contributed by atoms with van der Waals surface area (Å²) >= 11 is 1.30. The van der Waals surface area contributed by atoms with E-state index >= 15 is 0 Å². The van der Waals surface area contributed by atoms with Crippen LogP contribution >= 0.6 is 11.8 Å². The predicted octanol–water partition coefficient (Wildman–Crippen LogP) is 4.82. The Balaban J connectivity index is 1.71. The smallest absolute Gasteiger partial charge is 0.416 e. The van der Waals surface area contributed by atoms with Crippen LogP contribution in [0, 0.1) is 0 Å². The fourth-order valence-electron chi connectivity index (χ4n) is 2.78. The van der Waals surface area contributed by atoms with Crippen LogP contribution in [0.15, 0.2) is 53.7 Å². The summed E-state index contributed by atoms with van der Waals surface area (Å²) in [6.45, 7) is 2.60. The molecule has 1 N–H and O–H groups in total. The molecule has 3 rings (SSSR count). The van der Waals surface area contributed by atoms with Crippen molar-refractivity contribution in [3.8, 4) is 17.1 Å². The van der Waals surface area contributed by atoms with Gasteiger partial charge in [-0.25, -0.2) is 0 Å². The summed E-state index contributed by atoms with van der Waals surface area (Å²) in [5.74, 6) is 1.68. The molecule has 0 saturated carbocycles. The molecule has 0 spiro atoms. The Morgan fingerprint density at radius 1 is 1.07 bits per heavy atom. The maximum atomic E-state index is 12.7. The van der Waals surface area contributed by atoms with Gasteiger partial charge in [-0.15, -0.1) is 10.2 Å². The van der Waals surface area contributed by atoms with E-state index in [0.29, 0.717) is 23.1 Å². The third-order valence-electron chi connectivity index (χ3n) is 4.37. The number of aliphatic hydroxyl groups is 1. The average molecular weight is 423 g/mol. The predicted molar refractivity (Wildman–Crippen MR) is 105 cm³/mol. The normalized spacial score (nSPS) is 12.8. The van der Waals surface area contributed by atoms with Crippen LogP contribution in [0.25, 0.3) is 11.4 Å². The molecule has 2 aromatic carbocycles. The molecule has 0 bridgehead atoms. The zero-order valence-electron chi connectivity index (χ0n) is 15.8. The monoisotopic (exact) mass is 423 g/mol. The summed E-state index contributed by atoms with van der Waals surface area (Å²) in [5.41, 5.74) is 0.565. The van der Waals surface area contributed by atoms with Crippen molar-refractivity contribution in [2.75, 3.05) is 12.9 Å². The third kappa shape index (κ3) is 4.91. The molecular weight excluding hydrogens is 403 g/mol. The van der Waals surface area contributed by atoms with Crippen molar-refractivity contribution in [2.45, 2.75) is 30.9 Å². The van der Waals surface area contributed by atoms with Crippen LogP contribution < -0.4 is 4.74 Å². The van der Waals surface area contributed by atoms with Gasteiger partial charge in [0.2, 0.25) is 0 Å². The first-order valence-corrected chi connectivity index (χ1v) is 9.87. The molecular formula is C20H20F3N3O2S. The van der Waals surface area contributed by atoms with Crippen molar-refractivity contribution in [3.05, 3.63) is 59.7 Å². The topological polar surface area (TPSA) is 60.2 Å². The number of nitrogens with zero attached hydrogens (tertiary/aromatic N) is 3. The van der Waals surface area contributed by atoms with Gasteiger partial charge < -0.3 is 14.4 Å². The van der Waals surface area contributed by atoms with Gasteiger partial charge in [0.15, 0.2) is 11.0 Å². The molecule has 1 unspecified atom stereocenters. The zero-order chi connectivity index (χ0) is 21.0. The van der Waals surface area contributed by atoms with Crippen molar-refractivity contribution in [2.24, 2.45) is 0 Å². The van der Waals surface area contributed by atoms with E-state index in [9.17, 15) is 18.3 Å². The van der Waals surface area contributed by atoms with Gasteiger partial charge in [0, 0.05) is 17.9 Å². The van der Waals surface area contributed by atoms with Crippen LogP contribution in [-0.4, -0.2) is 32.7 Å². The van der Waals surface area contributed by atoms with Gasteiger partial charge in [0.05, 0.1) is 18.8 Å². The van der Waals surface area contributed by atoms with Gasteiger partial charge in [0.25, 0.3) is 0 Å². The number of ether oxygens (including phenoxy) is 1. The number of rotatable bonds is 7. The standard InChI is InChI=1S/C20H20F3N3O2S/c1-3-26-18(14-6-10-16(28-2)11-7-14)24-25-19(26)29-12-17(27)13-4-8-15(9-5-13)20(21,22)23/h4-11,17,27H,3,12H2,1-2H3. The van der Waals surface area contributed by atoms with Crippen molar-refractivity contribution in [3.63, 3.8) is 0 Å². The number of hydrogen-bond donors (Lipinski definition) is 1. The van der Waals surface area contributed by atoms with E-state index < -0.39 is 17.8 Å². The van der Waals surface area contributed by atoms with Crippen LogP contribution in [0.4, 0.5) is 13.2 Å². The van der Waals surface area contributed by atoms with E-state index in [0.717, 1.165) is 23.4 Å². The Kier molecular flexibility index (Phi) is 6.49. The number of hydrogen-bond acceptors (Lipinski definition) is 5. The summed E-state index contributed by atoms with van der Waals surface area (Å²) < 4.78 is 45.1. The summed E-state index contributed by atoms with van der Waals surface area (Å²) in [5, 5.41) is 19.4. The van der Waals surface area contributed by atoms with Crippen LogP contribution in [0.2, 0.25) is 0 Å². The van der Waals surface area contributed by atoms with E-state index in [1.165, 1.54) is 23.9 Å². The van der Waals surface area contributed by atoms with Gasteiger partial charge in [-0.2, -0.15) is 13.2 Å². The first-order chi connectivity index (χ1) is 13.8. The average Bonchev–Trinajstić information content (AvgIpc) is 3.14. The molecule has 1 aromatic heterocycles. The Labute approximate surface area is 170 Å². The number of methoxy groups -OCH3 is 1. The Morgan fingerprint density at radius 3 is 2.28 bits per heavy atom. The fraction of sp³-hybridized carbons (Fsp3) is 0.300. The first kappa shape index (κ1) is 21.2. The molecule has 0 aliphatic rings. The minimum atomic E-state index is -4.40. The number of benzene rings is 2. The van der Waals surface area contributed by atoms with Crippen molar-refractivity contribution in [1.82, 2.24) is 14.8 Å². The van der Waals surface area contributed by atoms with Gasteiger partial charge in [-0.05, 0) is 48.9 Å². The lowest BCUT2D eigenvalue weighted by molar-refractivity contribution is -0.137. The van der Waals surface area contributed by atoms with E-state index in [-0.39, 0.29) is 5.75 Å². The lowest BCUT2D eigenvalue weighted by Gasteiger charge is -2.13. The van der Waals surface area contributed by atoms with Crippen molar-refractivity contribution >= 4 is 11.8 Å². The van der Waals surface area contributed by atoms with Gasteiger partial charge in [0.1, 0.15) is 5.75 Å². The third-order valence-corrected chi connectivity index (χ3v) is 5.42. The summed E-state index contributed by atoms with van der Waals surface area (Å²) in [6.07, 6.45) is -5.32. The molecule has 29 heavy (non-hydrogen) atoms. The molecule has 0 saturated heterocycles. The van der Waals surface area contributed by atoms with Gasteiger partial charge >= 0.3 is 6.18 Å². The Bertz CT molecular complexity index is 941. The quantitative estimate of drug-likeness (QED) is 0.552. The summed E-state index contributed by atoms with van der Waals surface area (Å²) in [7, 11) is 1.60. The van der Waals surface area contributed by atoms with Gasteiger partial charge in [-0.3, -0.25) is 0 Å². The van der Waals surface area contributed by atoms with E-state index in [1.54, 1.807) is 7.11 Å². The van der Waals surface area contributed by atoms with E-state index in [1.807, 2.05) is 35.8 Å². The molecule has 0 fully saturated rings. The maximum absolute atomic E-state index is 12.7. The highest BCUT2D eigenvalue weighted by Crippen LogP contribution is 2.31. The Morgan fingerprint density at radius 2 is 1.72 bits per heavy atom. The molecule has 0 amide bonds. The van der Waals surface area contributed by atoms with Crippen LogP contribution in [0.1, 0.15) is 24.2 Å². The molecule has 0 radical (unpaired) electrons. The number of thioether (sulfide) groups is 1. The second kappa shape index (κ2) is 8.87. The second-order valence-electron chi connectivity index (χ2n) is 6.23. The highest BCUT2D eigenvalue weighted by molar-refractivity contribution is 7.99. The number of halogens is 3. The first-order valence-electron chi connectivity index (χ1n) is 8.89. The highest BCUT2D eigenvalue weighted by atomic mass is 32.2. The van der Waals surface area contributed by atoms with Crippen molar-refractivity contribution in [1.29, 1.82) is 0 Å². The zero-order valence-corrected chi connectivity index (χ0v) is 16.7. The Hall–Kier alpha value is -2.52. The number of alkyl halides is 3. The van der Waals surface area contributed by atoms with Crippen LogP contribution in [0.3, 0.4) is 0 Å². The molecule has 9 heteroatoms. The maximum Gasteiger partial charge on any atom is 0.416 e. The van der Waals surface area contributed by atoms with Crippen LogP contribution in [-0.2, 0) is 12.7 Å². The van der Waals surface area contributed by atoms with E-state index in [4.69, 9.17) is 4.74 Å². The van der Waals surface area contributed by atoms with E-state index in [2.05, 4.69) is 10.2 Å². The fourth-order valence-corrected chi connectivity index (χ4v) is 3.75. The number of aromatic nitrogens is 3. The summed E-state index contributed by atoms with van der Waals surface area (Å²) in [4.78, 5) is 0.